The smallest absolute Gasteiger partial charge is 0.134 e. The van der Waals surface area contributed by atoms with Gasteiger partial charge in [-0.2, -0.15) is 0 Å². The van der Waals surface area contributed by atoms with Crippen molar-refractivity contribution in [2.75, 3.05) is 19.6 Å². The Kier molecular flexibility index (Phi) is 4.89. The van der Waals surface area contributed by atoms with Crippen LogP contribution >= 0.6 is 0 Å². The summed E-state index contributed by atoms with van der Waals surface area (Å²) in [5, 5.41) is 1.34. The molecule has 4 rings (SSSR count). The molecule has 0 amide bonds. The summed E-state index contributed by atoms with van der Waals surface area (Å²) in [7, 11) is 0. The Bertz CT molecular complexity index is 812. The molecule has 0 aliphatic carbocycles. The van der Waals surface area contributed by atoms with Gasteiger partial charge in [0.1, 0.15) is 11.3 Å². The van der Waals surface area contributed by atoms with Crippen LogP contribution in [0.4, 0.5) is 0 Å². The number of para-hydroxylation sites is 1. The molecular formula is C23H27NO. The first-order valence-electron chi connectivity index (χ1n) is 9.61. The second kappa shape index (κ2) is 7.45. The highest BCUT2D eigenvalue weighted by Gasteiger charge is 2.26. The number of nitrogens with zero attached hydrogens (tertiary/aromatic N) is 1. The van der Waals surface area contributed by atoms with E-state index in [1.807, 2.05) is 0 Å². The van der Waals surface area contributed by atoms with E-state index in [4.69, 9.17) is 4.42 Å². The third kappa shape index (κ3) is 3.50. The highest BCUT2D eigenvalue weighted by atomic mass is 16.3. The molecular weight excluding hydrogens is 306 g/mol. The molecule has 2 heteroatoms. The van der Waals surface area contributed by atoms with Crippen molar-refractivity contribution in [2.24, 2.45) is 0 Å². The van der Waals surface area contributed by atoms with E-state index < -0.39 is 0 Å². The largest absolute Gasteiger partial charge is 0.461 e. The van der Waals surface area contributed by atoms with Crippen molar-refractivity contribution >= 4 is 11.0 Å². The average molecular weight is 333 g/mol. The predicted molar refractivity (Wildman–Crippen MR) is 104 cm³/mol. The third-order valence-corrected chi connectivity index (χ3v) is 5.59. The predicted octanol–water partition coefficient (Wildman–Crippen LogP) is 5.42. The Labute approximate surface area is 150 Å². The molecule has 1 aromatic heterocycles. The van der Waals surface area contributed by atoms with E-state index in [2.05, 4.69) is 66.4 Å². The van der Waals surface area contributed by atoms with Crippen LogP contribution in [0.5, 0.6) is 0 Å². The van der Waals surface area contributed by atoms with E-state index in [0.717, 1.165) is 18.4 Å². The molecule has 130 valence electrons. The summed E-state index contributed by atoms with van der Waals surface area (Å²) >= 11 is 0. The molecule has 2 nitrogen and oxygen atoms in total. The van der Waals surface area contributed by atoms with Crippen LogP contribution in [0.1, 0.15) is 42.6 Å². The van der Waals surface area contributed by atoms with Gasteiger partial charge in [-0.25, -0.2) is 0 Å². The molecule has 2 aromatic carbocycles. The lowest BCUT2D eigenvalue weighted by atomic mass is 9.87. The molecule has 1 aliphatic heterocycles. The topological polar surface area (TPSA) is 16.4 Å². The standard InChI is InChI=1S/C23H27NO/c1-2-21-23(20-10-6-7-11-22(20)25-21)19-13-16-24(17-14-19)15-12-18-8-4-3-5-9-18/h3-11,19H,2,12-17H2,1H3. The zero-order valence-corrected chi connectivity index (χ0v) is 15.1. The second-order valence-electron chi connectivity index (χ2n) is 7.14. The van der Waals surface area contributed by atoms with Gasteiger partial charge in [-0.15, -0.1) is 0 Å². The maximum absolute atomic E-state index is 6.12. The highest BCUT2D eigenvalue weighted by Crippen LogP contribution is 2.37. The molecule has 1 fully saturated rings. The molecule has 0 unspecified atom stereocenters. The van der Waals surface area contributed by atoms with Gasteiger partial charge in [0.05, 0.1) is 0 Å². The number of likely N-dealkylation sites (tertiary alicyclic amines) is 1. The molecule has 3 aromatic rings. The van der Waals surface area contributed by atoms with Crippen molar-refractivity contribution in [3.63, 3.8) is 0 Å². The maximum Gasteiger partial charge on any atom is 0.134 e. The summed E-state index contributed by atoms with van der Waals surface area (Å²) in [6.45, 7) is 5.76. The quantitative estimate of drug-likeness (QED) is 0.620. The van der Waals surface area contributed by atoms with E-state index in [0.29, 0.717) is 5.92 Å². The molecule has 2 heterocycles. The minimum Gasteiger partial charge on any atom is -0.461 e. The average Bonchev–Trinajstić information content (AvgIpc) is 3.06. The minimum absolute atomic E-state index is 0.645. The Balaban J connectivity index is 1.42. The van der Waals surface area contributed by atoms with Crippen LogP contribution in [-0.4, -0.2) is 24.5 Å². The van der Waals surface area contributed by atoms with E-state index in [1.54, 1.807) is 0 Å². The van der Waals surface area contributed by atoms with Gasteiger partial charge in [-0.3, -0.25) is 0 Å². The fourth-order valence-corrected chi connectivity index (χ4v) is 4.20. The molecule has 0 bridgehead atoms. The van der Waals surface area contributed by atoms with Gasteiger partial charge in [-0.1, -0.05) is 55.5 Å². The van der Waals surface area contributed by atoms with Crippen LogP contribution < -0.4 is 0 Å². The van der Waals surface area contributed by atoms with Crippen LogP contribution in [-0.2, 0) is 12.8 Å². The number of fused-ring (bicyclic) bond motifs is 1. The van der Waals surface area contributed by atoms with Crippen molar-refractivity contribution in [3.05, 3.63) is 71.5 Å². The van der Waals surface area contributed by atoms with Crippen LogP contribution in [0, 0.1) is 0 Å². The fourth-order valence-electron chi connectivity index (χ4n) is 4.20. The van der Waals surface area contributed by atoms with Crippen LogP contribution in [0.25, 0.3) is 11.0 Å². The Morgan fingerprint density at radius 2 is 1.68 bits per heavy atom. The van der Waals surface area contributed by atoms with Crippen LogP contribution in [0.2, 0.25) is 0 Å². The van der Waals surface area contributed by atoms with Crippen molar-refractivity contribution in [2.45, 2.75) is 38.5 Å². The van der Waals surface area contributed by atoms with E-state index >= 15 is 0 Å². The van der Waals surface area contributed by atoms with Gasteiger partial charge in [0.15, 0.2) is 0 Å². The summed E-state index contributed by atoms with van der Waals surface area (Å²) in [6, 6.07) is 19.4. The number of piperidine rings is 1. The maximum atomic E-state index is 6.12. The van der Waals surface area contributed by atoms with Gasteiger partial charge < -0.3 is 9.32 Å². The molecule has 0 radical (unpaired) electrons. The summed E-state index contributed by atoms with van der Waals surface area (Å²) < 4.78 is 6.12. The van der Waals surface area contributed by atoms with Gasteiger partial charge in [0, 0.05) is 23.9 Å². The molecule has 0 N–H and O–H groups in total. The van der Waals surface area contributed by atoms with Crippen molar-refractivity contribution in [3.8, 4) is 0 Å². The lowest BCUT2D eigenvalue weighted by molar-refractivity contribution is 0.214. The second-order valence-corrected chi connectivity index (χ2v) is 7.14. The molecule has 0 spiro atoms. The number of benzene rings is 2. The number of furan rings is 1. The lowest BCUT2D eigenvalue weighted by Gasteiger charge is -2.32. The van der Waals surface area contributed by atoms with Gasteiger partial charge >= 0.3 is 0 Å². The Morgan fingerprint density at radius 3 is 2.44 bits per heavy atom. The number of aryl methyl sites for hydroxylation is 1. The van der Waals surface area contributed by atoms with E-state index in [1.165, 1.54) is 54.7 Å². The summed E-state index contributed by atoms with van der Waals surface area (Å²) in [5.41, 5.74) is 3.99. The van der Waals surface area contributed by atoms with Crippen molar-refractivity contribution in [1.82, 2.24) is 4.90 Å². The Hall–Kier alpha value is -2.06. The van der Waals surface area contributed by atoms with Crippen molar-refractivity contribution in [1.29, 1.82) is 0 Å². The van der Waals surface area contributed by atoms with E-state index in [9.17, 15) is 0 Å². The number of rotatable bonds is 5. The van der Waals surface area contributed by atoms with Gasteiger partial charge in [0.2, 0.25) is 0 Å². The Morgan fingerprint density at radius 1 is 0.960 bits per heavy atom. The first-order chi connectivity index (χ1) is 12.3. The molecule has 25 heavy (non-hydrogen) atoms. The first kappa shape index (κ1) is 16.4. The van der Waals surface area contributed by atoms with Gasteiger partial charge in [0.25, 0.3) is 0 Å². The van der Waals surface area contributed by atoms with Crippen molar-refractivity contribution < 1.29 is 4.42 Å². The fraction of sp³-hybridized carbons (Fsp3) is 0.391. The van der Waals surface area contributed by atoms with E-state index in [-0.39, 0.29) is 0 Å². The summed E-state index contributed by atoms with van der Waals surface area (Å²) in [4.78, 5) is 2.62. The summed E-state index contributed by atoms with van der Waals surface area (Å²) in [5.74, 6) is 1.84. The molecule has 0 atom stereocenters. The highest BCUT2D eigenvalue weighted by molar-refractivity contribution is 5.82. The van der Waals surface area contributed by atoms with Gasteiger partial charge in [-0.05, 0) is 49.9 Å². The third-order valence-electron chi connectivity index (χ3n) is 5.59. The monoisotopic (exact) mass is 333 g/mol. The summed E-state index contributed by atoms with van der Waals surface area (Å²) in [6.07, 6.45) is 4.62. The first-order valence-corrected chi connectivity index (χ1v) is 9.61. The number of hydrogen-bond acceptors (Lipinski definition) is 2. The normalized spacial score (nSPS) is 16.5. The molecule has 1 aliphatic rings. The lowest BCUT2D eigenvalue weighted by Crippen LogP contribution is -2.34. The number of hydrogen-bond donors (Lipinski definition) is 0. The van der Waals surface area contributed by atoms with Crippen LogP contribution in [0.15, 0.2) is 59.0 Å². The minimum atomic E-state index is 0.645. The zero-order chi connectivity index (χ0) is 17.1. The SMILES string of the molecule is CCc1oc2ccccc2c1C1CCN(CCc2ccccc2)CC1. The molecule has 1 saturated heterocycles. The zero-order valence-electron chi connectivity index (χ0n) is 15.1. The van der Waals surface area contributed by atoms with Crippen LogP contribution in [0.3, 0.4) is 0 Å². The molecule has 0 saturated carbocycles.